The number of ether oxygens (including phenoxy) is 1. The topological polar surface area (TPSA) is 59.4 Å². The molecule has 1 aromatic heterocycles. The van der Waals surface area contributed by atoms with Crippen molar-refractivity contribution in [2.24, 2.45) is 0 Å². The van der Waals surface area contributed by atoms with Crippen LogP contribution < -0.4 is 5.32 Å². The number of nitrogens with one attached hydrogen (secondary N) is 1. The van der Waals surface area contributed by atoms with Gasteiger partial charge in [-0.15, -0.1) is 0 Å². The molecule has 1 saturated heterocycles. The largest absolute Gasteiger partial charge is 0.373 e. The third-order valence-electron chi connectivity index (χ3n) is 5.58. The molecule has 2 aromatic rings. The fraction of sp³-hybridized carbons (Fsp3) is 0.545. The highest BCUT2D eigenvalue weighted by Gasteiger charge is 2.33. The SMILES string of the molecule is CC1CN(CCCNC(=O)c2cnn(-c3ccc(Cl)cc3Cl)c2C2CC2)CC(C)O1. The van der Waals surface area contributed by atoms with Crippen LogP contribution in [0.1, 0.15) is 55.1 Å². The molecule has 0 bridgehead atoms. The minimum atomic E-state index is -0.0723. The number of morpholine rings is 1. The van der Waals surface area contributed by atoms with Gasteiger partial charge in [0.15, 0.2) is 0 Å². The molecule has 1 aliphatic carbocycles. The van der Waals surface area contributed by atoms with Crippen molar-refractivity contribution < 1.29 is 9.53 Å². The predicted molar refractivity (Wildman–Crippen MR) is 119 cm³/mol. The van der Waals surface area contributed by atoms with E-state index in [1.807, 2.05) is 6.07 Å². The molecule has 1 aliphatic heterocycles. The van der Waals surface area contributed by atoms with Crippen molar-refractivity contribution >= 4 is 29.1 Å². The Hall–Kier alpha value is -1.60. The summed E-state index contributed by atoms with van der Waals surface area (Å²) >= 11 is 12.4. The number of hydrogen-bond donors (Lipinski definition) is 1. The first-order valence-corrected chi connectivity index (χ1v) is 11.4. The third-order valence-corrected chi connectivity index (χ3v) is 6.12. The summed E-state index contributed by atoms with van der Waals surface area (Å²) in [6.07, 6.45) is 5.19. The summed E-state index contributed by atoms with van der Waals surface area (Å²) in [6.45, 7) is 7.68. The highest BCUT2D eigenvalue weighted by molar-refractivity contribution is 6.35. The molecule has 1 amide bonds. The Bertz CT molecular complexity index is 903. The highest BCUT2D eigenvalue weighted by Crippen LogP contribution is 2.43. The lowest BCUT2D eigenvalue weighted by molar-refractivity contribution is -0.0679. The molecule has 0 radical (unpaired) electrons. The van der Waals surface area contributed by atoms with Crippen molar-refractivity contribution in [2.45, 2.75) is 51.2 Å². The van der Waals surface area contributed by atoms with Crippen molar-refractivity contribution in [1.82, 2.24) is 20.0 Å². The number of hydrogen-bond acceptors (Lipinski definition) is 4. The molecule has 0 spiro atoms. The lowest BCUT2D eigenvalue weighted by Gasteiger charge is -2.35. The molecule has 4 rings (SSSR count). The maximum absolute atomic E-state index is 12.9. The number of rotatable bonds is 7. The highest BCUT2D eigenvalue weighted by atomic mass is 35.5. The van der Waals surface area contributed by atoms with E-state index in [1.54, 1.807) is 23.0 Å². The molecule has 2 aliphatic rings. The second-order valence-electron chi connectivity index (χ2n) is 8.35. The van der Waals surface area contributed by atoms with Gasteiger partial charge in [-0.2, -0.15) is 5.10 Å². The summed E-state index contributed by atoms with van der Waals surface area (Å²) in [7, 11) is 0. The minimum absolute atomic E-state index is 0.0723. The van der Waals surface area contributed by atoms with Crippen LogP contribution in [0.3, 0.4) is 0 Å². The van der Waals surface area contributed by atoms with E-state index >= 15 is 0 Å². The molecule has 30 heavy (non-hydrogen) atoms. The molecule has 162 valence electrons. The van der Waals surface area contributed by atoms with Crippen LogP contribution in [-0.4, -0.2) is 59.0 Å². The van der Waals surface area contributed by atoms with Crippen LogP contribution >= 0.6 is 23.2 Å². The van der Waals surface area contributed by atoms with Gasteiger partial charge in [0.05, 0.1) is 40.4 Å². The van der Waals surface area contributed by atoms with Gasteiger partial charge in [0.25, 0.3) is 5.91 Å². The first-order chi connectivity index (χ1) is 14.4. The molecular formula is C22H28Cl2N4O2. The van der Waals surface area contributed by atoms with Crippen LogP contribution in [0.15, 0.2) is 24.4 Å². The zero-order chi connectivity index (χ0) is 21.3. The summed E-state index contributed by atoms with van der Waals surface area (Å²) in [5, 5.41) is 8.65. The molecule has 1 saturated carbocycles. The maximum Gasteiger partial charge on any atom is 0.254 e. The lowest BCUT2D eigenvalue weighted by atomic mass is 10.1. The molecule has 2 fully saturated rings. The Morgan fingerprint density at radius 3 is 2.63 bits per heavy atom. The van der Waals surface area contributed by atoms with Gasteiger partial charge in [-0.3, -0.25) is 9.69 Å². The average molecular weight is 451 g/mol. The monoisotopic (exact) mass is 450 g/mol. The van der Waals surface area contributed by atoms with Gasteiger partial charge >= 0.3 is 0 Å². The number of nitrogens with zero attached hydrogens (tertiary/aromatic N) is 3. The van der Waals surface area contributed by atoms with E-state index in [9.17, 15) is 4.79 Å². The van der Waals surface area contributed by atoms with Gasteiger partial charge in [-0.1, -0.05) is 23.2 Å². The first-order valence-electron chi connectivity index (χ1n) is 10.6. The molecule has 1 aromatic carbocycles. The number of carbonyl (C=O) groups excluding carboxylic acids is 1. The Morgan fingerprint density at radius 2 is 1.97 bits per heavy atom. The maximum atomic E-state index is 12.9. The molecule has 2 unspecified atom stereocenters. The number of halogens is 2. The molecule has 8 heteroatoms. The van der Waals surface area contributed by atoms with Crippen molar-refractivity contribution in [1.29, 1.82) is 0 Å². The molecule has 1 N–H and O–H groups in total. The van der Waals surface area contributed by atoms with Gasteiger partial charge in [-0.05, 0) is 51.3 Å². The normalized spacial score (nSPS) is 22.3. The summed E-state index contributed by atoms with van der Waals surface area (Å²) in [4.78, 5) is 15.3. The summed E-state index contributed by atoms with van der Waals surface area (Å²) in [5.41, 5.74) is 2.32. The second-order valence-corrected chi connectivity index (χ2v) is 9.20. The second kappa shape index (κ2) is 9.27. The average Bonchev–Trinajstić information content (AvgIpc) is 3.43. The molecule has 2 atom stereocenters. The minimum Gasteiger partial charge on any atom is -0.373 e. The molecular weight excluding hydrogens is 423 g/mol. The van der Waals surface area contributed by atoms with Crippen LogP contribution in [0, 0.1) is 0 Å². The quantitative estimate of drug-likeness (QED) is 0.639. The fourth-order valence-corrected chi connectivity index (χ4v) is 4.68. The third kappa shape index (κ3) is 4.99. The van der Waals surface area contributed by atoms with Crippen molar-refractivity contribution in [3.8, 4) is 5.69 Å². The van der Waals surface area contributed by atoms with Gasteiger partial charge in [0.2, 0.25) is 0 Å². The fourth-order valence-electron chi connectivity index (χ4n) is 4.19. The van der Waals surface area contributed by atoms with E-state index in [4.69, 9.17) is 27.9 Å². The number of amides is 1. The standard InChI is InChI=1S/C22H28Cl2N4O2/c1-14-12-27(13-15(2)30-14)9-3-8-25-22(29)18-11-26-28(21(18)16-4-5-16)20-7-6-17(23)10-19(20)24/h6-7,10-11,14-16H,3-5,8-9,12-13H2,1-2H3,(H,25,29). The zero-order valence-electron chi connectivity index (χ0n) is 17.4. The lowest BCUT2D eigenvalue weighted by Crippen LogP contribution is -2.46. The molecule has 2 heterocycles. The van der Waals surface area contributed by atoms with Crippen molar-refractivity contribution in [3.63, 3.8) is 0 Å². The van der Waals surface area contributed by atoms with Crippen LogP contribution in [-0.2, 0) is 4.74 Å². The van der Waals surface area contributed by atoms with Crippen molar-refractivity contribution in [3.05, 3.63) is 45.7 Å². The summed E-state index contributed by atoms with van der Waals surface area (Å²) < 4.78 is 7.57. The predicted octanol–water partition coefficient (Wildman–Crippen LogP) is 4.29. The van der Waals surface area contributed by atoms with E-state index < -0.39 is 0 Å². The van der Waals surface area contributed by atoms with E-state index in [1.165, 1.54) is 0 Å². The van der Waals surface area contributed by atoms with Gasteiger partial charge in [0.1, 0.15) is 0 Å². The van der Waals surface area contributed by atoms with Gasteiger partial charge < -0.3 is 10.1 Å². The summed E-state index contributed by atoms with van der Waals surface area (Å²) in [5.74, 6) is 0.272. The van der Waals surface area contributed by atoms with Crippen molar-refractivity contribution in [2.75, 3.05) is 26.2 Å². The van der Waals surface area contributed by atoms with Gasteiger partial charge in [0, 0.05) is 37.1 Å². The van der Waals surface area contributed by atoms with Crippen LogP contribution in [0.5, 0.6) is 0 Å². The smallest absolute Gasteiger partial charge is 0.254 e. The van der Waals surface area contributed by atoms with E-state index in [0.717, 1.165) is 50.3 Å². The Balaban J connectivity index is 1.39. The van der Waals surface area contributed by atoms with Crippen LogP contribution in [0.4, 0.5) is 0 Å². The first kappa shape index (κ1) is 21.6. The van der Waals surface area contributed by atoms with Crippen LogP contribution in [0.25, 0.3) is 5.69 Å². The Labute approximate surface area is 187 Å². The number of carbonyl (C=O) groups is 1. The van der Waals surface area contributed by atoms with Gasteiger partial charge in [-0.25, -0.2) is 4.68 Å². The Morgan fingerprint density at radius 1 is 1.23 bits per heavy atom. The Kier molecular flexibility index (Phi) is 6.68. The zero-order valence-corrected chi connectivity index (χ0v) is 18.9. The number of benzene rings is 1. The summed E-state index contributed by atoms with van der Waals surface area (Å²) in [6, 6.07) is 5.33. The van der Waals surface area contributed by atoms with Crippen LogP contribution in [0.2, 0.25) is 10.0 Å². The van der Waals surface area contributed by atoms with E-state index in [2.05, 4.69) is 29.2 Å². The van der Waals surface area contributed by atoms with E-state index in [0.29, 0.717) is 28.1 Å². The van der Waals surface area contributed by atoms with E-state index in [-0.39, 0.29) is 18.1 Å². The number of aromatic nitrogens is 2. The molecule has 6 nitrogen and oxygen atoms in total.